The minimum absolute atomic E-state index is 0.0781. The van der Waals surface area contributed by atoms with Gasteiger partial charge in [-0.15, -0.1) is 0 Å². The third kappa shape index (κ3) is 4.04. The van der Waals surface area contributed by atoms with E-state index in [0.29, 0.717) is 12.4 Å². The molecule has 2 N–H and O–H groups in total. The van der Waals surface area contributed by atoms with Crippen LogP contribution in [0.3, 0.4) is 0 Å². The van der Waals surface area contributed by atoms with Gasteiger partial charge in [-0.3, -0.25) is 9.88 Å². The van der Waals surface area contributed by atoms with E-state index < -0.39 is 0 Å². The summed E-state index contributed by atoms with van der Waals surface area (Å²) in [4.78, 5) is 11.7. The van der Waals surface area contributed by atoms with E-state index in [4.69, 9.17) is 16.6 Å². The van der Waals surface area contributed by atoms with Gasteiger partial charge in [0.2, 0.25) is 0 Å². The number of allylic oxidation sites excluding steroid dienone is 2. The van der Waals surface area contributed by atoms with Crippen molar-refractivity contribution in [2.45, 2.75) is 25.6 Å². The molecule has 1 unspecified atom stereocenters. The topological polar surface area (TPSA) is 66.2 Å². The summed E-state index contributed by atoms with van der Waals surface area (Å²) >= 11 is 6.48. The first-order chi connectivity index (χ1) is 15.2. The number of nitrogens with zero attached hydrogens (tertiary/aromatic N) is 4. The lowest BCUT2D eigenvalue weighted by atomic mass is 9.86. The van der Waals surface area contributed by atoms with Crippen molar-refractivity contribution in [3.05, 3.63) is 88.2 Å². The molecule has 7 heteroatoms. The molecule has 0 amide bonds. The third-order valence-electron chi connectivity index (χ3n) is 6.21. The summed E-state index contributed by atoms with van der Waals surface area (Å²) < 4.78 is 2.00. The molecule has 2 aromatic heterocycles. The maximum Gasteiger partial charge on any atom is 0.134 e. The molecule has 3 aromatic rings. The molecule has 5 rings (SSSR count). The van der Waals surface area contributed by atoms with Crippen molar-refractivity contribution in [1.29, 1.82) is 0 Å². The lowest BCUT2D eigenvalue weighted by molar-refractivity contribution is 0.194. The van der Waals surface area contributed by atoms with E-state index in [0.717, 1.165) is 48.9 Å². The number of aromatic nitrogens is 3. The molecule has 1 aliphatic carbocycles. The number of fused-ring (bicyclic) bond motifs is 2. The Balaban J connectivity index is 1.67. The standard InChI is InChI=1S/C24H26ClN5O/c25-19-5-6-20-21(14-19)18(15-30-13-10-27-22(30)16-31)4-3-17-2-1-7-28-23(17)24(20)29-11-8-26-9-12-29/h1-2,4-7,10,13-14,24,26,31H,3,8-9,11-12,15-16H2/b18-4-. The highest BCUT2D eigenvalue weighted by molar-refractivity contribution is 6.30. The van der Waals surface area contributed by atoms with Crippen LogP contribution in [0.4, 0.5) is 0 Å². The molecule has 1 saturated heterocycles. The van der Waals surface area contributed by atoms with Gasteiger partial charge in [0.1, 0.15) is 12.4 Å². The minimum atomic E-state index is -0.0845. The summed E-state index contributed by atoms with van der Waals surface area (Å²) in [6.45, 7) is 4.43. The van der Waals surface area contributed by atoms with Gasteiger partial charge in [0.05, 0.1) is 11.7 Å². The van der Waals surface area contributed by atoms with Gasteiger partial charge in [0.25, 0.3) is 0 Å². The van der Waals surface area contributed by atoms with E-state index in [2.05, 4.69) is 39.5 Å². The Morgan fingerprint density at radius 1 is 1.13 bits per heavy atom. The molecule has 0 bridgehead atoms. The number of hydrogen-bond acceptors (Lipinski definition) is 5. The summed E-state index contributed by atoms with van der Waals surface area (Å²) in [5.74, 6) is 0.659. The van der Waals surface area contributed by atoms with Gasteiger partial charge >= 0.3 is 0 Å². The molecule has 0 spiro atoms. The first-order valence-corrected chi connectivity index (χ1v) is 11.1. The summed E-state index contributed by atoms with van der Waals surface area (Å²) in [5, 5.41) is 13.9. The Hall–Kier alpha value is -2.51. The zero-order valence-corrected chi connectivity index (χ0v) is 18.1. The number of benzene rings is 1. The molecule has 1 aromatic carbocycles. The third-order valence-corrected chi connectivity index (χ3v) is 6.45. The van der Waals surface area contributed by atoms with E-state index >= 15 is 0 Å². The molecule has 1 fully saturated rings. The monoisotopic (exact) mass is 435 g/mol. The van der Waals surface area contributed by atoms with Crippen molar-refractivity contribution in [2.75, 3.05) is 26.2 Å². The Morgan fingerprint density at radius 2 is 2.00 bits per heavy atom. The molecule has 0 radical (unpaired) electrons. The maximum absolute atomic E-state index is 9.67. The second-order valence-corrected chi connectivity index (χ2v) is 8.47. The largest absolute Gasteiger partial charge is 0.388 e. The van der Waals surface area contributed by atoms with Gasteiger partial charge in [-0.05, 0) is 46.9 Å². The first-order valence-electron chi connectivity index (χ1n) is 10.7. The summed E-state index contributed by atoms with van der Waals surface area (Å²) in [7, 11) is 0. The zero-order chi connectivity index (χ0) is 21.2. The van der Waals surface area contributed by atoms with Gasteiger partial charge in [-0.25, -0.2) is 4.98 Å². The average molecular weight is 436 g/mol. The Morgan fingerprint density at radius 3 is 2.84 bits per heavy atom. The van der Waals surface area contributed by atoms with Gasteiger partial charge in [-0.2, -0.15) is 0 Å². The molecule has 1 atom stereocenters. The number of nitrogens with one attached hydrogen (secondary N) is 1. The highest BCUT2D eigenvalue weighted by atomic mass is 35.5. The van der Waals surface area contributed by atoms with Gasteiger partial charge in [0, 0.05) is 56.3 Å². The second kappa shape index (κ2) is 8.93. The molecule has 160 valence electrons. The number of aliphatic hydroxyl groups is 1. The number of halogens is 1. The van der Waals surface area contributed by atoms with E-state index in [1.165, 1.54) is 16.7 Å². The van der Waals surface area contributed by atoms with Crippen LogP contribution in [0.2, 0.25) is 5.02 Å². The minimum Gasteiger partial charge on any atom is -0.388 e. The fraction of sp³-hybridized carbons (Fsp3) is 0.333. The van der Waals surface area contributed by atoms with Crippen molar-refractivity contribution < 1.29 is 5.11 Å². The lowest BCUT2D eigenvalue weighted by Crippen LogP contribution is -2.46. The summed E-state index contributed by atoms with van der Waals surface area (Å²) in [5.41, 5.74) is 5.92. The molecule has 0 saturated carbocycles. The van der Waals surface area contributed by atoms with E-state index in [1.807, 2.05) is 29.1 Å². The van der Waals surface area contributed by atoms with Gasteiger partial charge < -0.3 is 15.0 Å². The molecular weight excluding hydrogens is 410 g/mol. The quantitative estimate of drug-likeness (QED) is 0.659. The maximum atomic E-state index is 9.67. The molecule has 31 heavy (non-hydrogen) atoms. The molecule has 2 aliphatic rings. The number of aliphatic hydroxyl groups excluding tert-OH is 1. The van der Waals surface area contributed by atoms with Crippen LogP contribution in [-0.2, 0) is 19.6 Å². The SMILES string of the molecule is OCc1nccn1C/C1=C/Cc2cccnc2C(N2CCNCC2)c2ccc(Cl)cc21. The van der Waals surface area contributed by atoms with Crippen LogP contribution in [0.1, 0.15) is 34.3 Å². The lowest BCUT2D eigenvalue weighted by Gasteiger charge is -2.37. The zero-order valence-electron chi connectivity index (χ0n) is 17.3. The smallest absolute Gasteiger partial charge is 0.134 e. The van der Waals surface area contributed by atoms with Crippen LogP contribution < -0.4 is 5.32 Å². The molecule has 3 heterocycles. The predicted molar refractivity (Wildman–Crippen MR) is 122 cm³/mol. The number of hydrogen-bond donors (Lipinski definition) is 2. The van der Waals surface area contributed by atoms with Crippen LogP contribution in [0.25, 0.3) is 5.57 Å². The predicted octanol–water partition coefficient (Wildman–Crippen LogP) is 3.06. The van der Waals surface area contributed by atoms with Crippen LogP contribution in [0, 0.1) is 0 Å². The van der Waals surface area contributed by atoms with E-state index in [1.54, 1.807) is 6.20 Å². The number of pyridine rings is 1. The molecule has 1 aliphatic heterocycles. The summed E-state index contributed by atoms with van der Waals surface area (Å²) in [6.07, 6.45) is 8.62. The van der Waals surface area contributed by atoms with Crippen LogP contribution >= 0.6 is 11.6 Å². The normalized spacial score (nSPS) is 20.8. The Labute approximate surface area is 187 Å². The highest BCUT2D eigenvalue weighted by Gasteiger charge is 2.30. The van der Waals surface area contributed by atoms with E-state index in [9.17, 15) is 5.11 Å². The van der Waals surface area contributed by atoms with Crippen molar-refractivity contribution in [3.8, 4) is 0 Å². The number of rotatable bonds is 4. The van der Waals surface area contributed by atoms with Crippen molar-refractivity contribution in [3.63, 3.8) is 0 Å². The molecule has 6 nitrogen and oxygen atoms in total. The van der Waals surface area contributed by atoms with Crippen molar-refractivity contribution in [2.24, 2.45) is 0 Å². The fourth-order valence-corrected chi connectivity index (χ4v) is 4.86. The van der Waals surface area contributed by atoms with Gasteiger partial charge in [-0.1, -0.05) is 29.8 Å². The van der Waals surface area contributed by atoms with Crippen molar-refractivity contribution in [1.82, 2.24) is 24.8 Å². The van der Waals surface area contributed by atoms with Crippen molar-refractivity contribution >= 4 is 17.2 Å². The summed E-state index contributed by atoms with van der Waals surface area (Å²) in [6, 6.07) is 10.5. The molecular formula is C24H26ClN5O. The Bertz CT molecular complexity index is 1100. The van der Waals surface area contributed by atoms with Gasteiger partial charge in [0.15, 0.2) is 0 Å². The van der Waals surface area contributed by atoms with Crippen LogP contribution in [-0.4, -0.2) is 50.7 Å². The second-order valence-electron chi connectivity index (χ2n) is 8.03. The highest BCUT2D eigenvalue weighted by Crippen LogP contribution is 2.38. The fourth-order valence-electron chi connectivity index (χ4n) is 4.68. The first kappa shape index (κ1) is 20.4. The van der Waals surface area contributed by atoms with E-state index in [-0.39, 0.29) is 12.6 Å². The Kier molecular flexibility index (Phi) is 5.87. The van der Waals surface area contributed by atoms with Crippen LogP contribution in [0.5, 0.6) is 0 Å². The number of piperazine rings is 1. The van der Waals surface area contributed by atoms with Crippen LogP contribution in [0.15, 0.2) is 55.0 Å². The number of imidazole rings is 1. The average Bonchev–Trinajstić information content (AvgIpc) is 3.25.